The average molecular weight is 375 g/mol. The van der Waals surface area contributed by atoms with Crippen molar-refractivity contribution < 1.29 is 0 Å². The highest BCUT2D eigenvalue weighted by Gasteiger charge is 2.26. The topological polar surface area (TPSA) is 0 Å². The lowest BCUT2D eigenvalue weighted by Gasteiger charge is -2.32. The summed E-state index contributed by atoms with van der Waals surface area (Å²) in [5, 5.41) is 0. The Kier molecular flexibility index (Phi) is 8.22. The highest BCUT2D eigenvalue weighted by atomic mass is 32.2. The van der Waals surface area contributed by atoms with Gasteiger partial charge in [0, 0.05) is 0 Å². The smallest absolute Gasteiger partial charge is 0.0687 e. The van der Waals surface area contributed by atoms with Crippen molar-refractivity contribution in [1.82, 2.24) is 0 Å². The van der Waals surface area contributed by atoms with Crippen LogP contribution in [0.5, 0.6) is 0 Å². The first kappa shape index (κ1) is 20.7. The van der Waals surface area contributed by atoms with Crippen LogP contribution in [0.4, 0.5) is 0 Å². The standard InChI is InChI=1S/C23H34S2/c1-18(12-13-21-20(3)11-7-14-23(21,4)5)9-6-10-19(2)17-22-24-15-8-16-25-22/h6,9-10,12-13,17,22H,7-8,11,14-16H2,1-5H3/b10-6+,13-12+,18-9+,19-17-. The maximum absolute atomic E-state index is 2.41. The molecule has 2 heteroatoms. The minimum Gasteiger partial charge on any atom is -0.143 e. The lowest BCUT2D eigenvalue weighted by Crippen LogP contribution is -2.19. The van der Waals surface area contributed by atoms with Crippen LogP contribution in [0.2, 0.25) is 0 Å². The lowest BCUT2D eigenvalue weighted by atomic mass is 9.72. The van der Waals surface area contributed by atoms with Crippen LogP contribution in [0.15, 0.2) is 58.7 Å². The van der Waals surface area contributed by atoms with Gasteiger partial charge in [0.25, 0.3) is 0 Å². The zero-order chi connectivity index (χ0) is 18.3. The number of thioether (sulfide) groups is 2. The molecule has 1 saturated heterocycles. The van der Waals surface area contributed by atoms with Gasteiger partial charge >= 0.3 is 0 Å². The molecular weight excluding hydrogens is 340 g/mol. The average Bonchev–Trinajstić information content (AvgIpc) is 2.54. The Morgan fingerprint density at radius 3 is 2.44 bits per heavy atom. The first-order chi connectivity index (χ1) is 11.9. The maximum Gasteiger partial charge on any atom is 0.0687 e. The molecule has 138 valence electrons. The van der Waals surface area contributed by atoms with Gasteiger partial charge in [-0.3, -0.25) is 0 Å². The molecule has 1 aliphatic carbocycles. The van der Waals surface area contributed by atoms with E-state index in [4.69, 9.17) is 0 Å². The Morgan fingerprint density at radius 1 is 1.04 bits per heavy atom. The highest BCUT2D eigenvalue weighted by Crippen LogP contribution is 2.40. The van der Waals surface area contributed by atoms with E-state index in [0.29, 0.717) is 10.00 Å². The van der Waals surface area contributed by atoms with Gasteiger partial charge in [0.05, 0.1) is 4.58 Å². The molecule has 25 heavy (non-hydrogen) atoms. The minimum absolute atomic E-state index is 0.323. The van der Waals surface area contributed by atoms with Crippen molar-refractivity contribution in [2.75, 3.05) is 11.5 Å². The van der Waals surface area contributed by atoms with Crippen LogP contribution in [0.1, 0.15) is 60.3 Å². The Balaban J connectivity index is 1.95. The molecule has 0 radical (unpaired) electrons. The van der Waals surface area contributed by atoms with Crippen molar-refractivity contribution in [3.8, 4) is 0 Å². The summed E-state index contributed by atoms with van der Waals surface area (Å²) in [5.41, 5.74) is 6.11. The van der Waals surface area contributed by atoms with Crippen molar-refractivity contribution in [2.45, 2.75) is 64.9 Å². The van der Waals surface area contributed by atoms with Gasteiger partial charge in [0.15, 0.2) is 0 Å². The number of hydrogen-bond donors (Lipinski definition) is 0. The molecule has 1 aliphatic heterocycles. The summed E-state index contributed by atoms with van der Waals surface area (Å²) in [6.45, 7) is 11.5. The predicted octanol–water partition coefficient (Wildman–Crippen LogP) is 7.71. The van der Waals surface area contributed by atoms with Crippen LogP contribution >= 0.6 is 23.5 Å². The first-order valence-corrected chi connectivity index (χ1v) is 11.6. The molecule has 0 N–H and O–H groups in total. The molecule has 0 spiro atoms. The fourth-order valence-corrected chi connectivity index (χ4v) is 6.36. The minimum atomic E-state index is 0.323. The van der Waals surface area contributed by atoms with E-state index in [2.05, 4.69) is 94.6 Å². The second-order valence-corrected chi connectivity index (χ2v) is 10.7. The second kappa shape index (κ2) is 9.92. The SMILES string of the molecule is CC1=C(/C=C/C(C)=C/C=C/C(C)=C\C2SCCCS2)C(C)(C)CCC1. The van der Waals surface area contributed by atoms with Crippen LogP contribution in [0, 0.1) is 5.41 Å². The highest BCUT2D eigenvalue weighted by molar-refractivity contribution is 8.17. The Bertz CT molecular complexity index is 594. The fourth-order valence-electron chi connectivity index (χ4n) is 3.50. The molecule has 0 nitrogen and oxygen atoms in total. The summed E-state index contributed by atoms with van der Waals surface area (Å²) in [6.07, 6.45) is 18.9. The van der Waals surface area contributed by atoms with Gasteiger partial charge in [-0.15, -0.1) is 23.5 Å². The van der Waals surface area contributed by atoms with E-state index in [1.165, 1.54) is 53.9 Å². The molecule has 0 saturated carbocycles. The van der Waals surface area contributed by atoms with E-state index in [1.807, 2.05) is 0 Å². The van der Waals surface area contributed by atoms with Gasteiger partial charge in [0.2, 0.25) is 0 Å². The number of hydrogen-bond acceptors (Lipinski definition) is 2. The Hall–Kier alpha value is -0.600. The number of allylic oxidation sites excluding steroid dienone is 9. The van der Waals surface area contributed by atoms with Gasteiger partial charge in [-0.2, -0.15) is 0 Å². The van der Waals surface area contributed by atoms with Gasteiger partial charge < -0.3 is 0 Å². The Morgan fingerprint density at radius 2 is 1.76 bits per heavy atom. The van der Waals surface area contributed by atoms with E-state index in [-0.39, 0.29) is 0 Å². The molecule has 0 atom stereocenters. The first-order valence-electron chi connectivity index (χ1n) is 9.53. The zero-order valence-corrected chi connectivity index (χ0v) is 18.2. The van der Waals surface area contributed by atoms with Crippen LogP contribution < -0.4 is 0 Å². The third-order valence-corrected chi connectivity index (χ3v) is 7.82. The van der Waals surface area contributed by atoms with Gasteiger partial charge in [-0.1, -0.05) is 67.0 Å². The van der Waals surface area contributed by atoms with Crippen LogP contribution in [-0.2, 0) is 0 Å². The van der Waals surface area contributed by atoms with Gasteiger partial charge in [-0.25, -0.2) is 0 Å². The molecule has 1 heterocycles. The molecule has 0 aromatic carbocycles. The molecule has 0 aromatic rings. The van der Waals surface area contributed by atoms with E-state index < -0.39 is 0 Å². The lowest BCUT2D eigenvalue weighted by molar-refractivity contribution is 0.377. The summed E-state index contributed by atoms with van der Waals surface area (Å²) < 4.78 is 0.645. The van der Waals surface area contributed by atoms with E-state index >= 15 is 0 Å². The van der Waals surface area contributed by atoms with Crippen LogP contribution in [-0.4, -0.2) is 16.1 Å². The van der Waals surface area contributed by atoms with Gasteiger partial charge in [-0.05, 0) is 68.9 Å². The van der Waals surface area contributed by atoms with E-state index in [9.17, 15) is 0 Å². The third-order valence-electron chi connectivity index (χ3n) is 5.03. The molecule has 2 aliphatic rings. The summed E-state index contributed by atoms with van der Waals surface area (Å²) >= 11 is 4.15. The second-order valence-electron chi connectivity index (χ2n) is 7.91. The number of rotatable bonds is 5. The van der Waals surface area contributed by atoms with Crippen LogP contribution in [0.25, 0.3) is 0 Å². The normalized spacial score (nSPS) is 23.9. The van der Waals surface area contributed by atoms with Crippen LogP contribution in [0.3, 0.4) is 0 Å². The molecular formula is C23H34S2. The van der Waals surface area contributed by atoms with E-state index in [1.54, 1.807) is 5.57 Å². The van der Waals surface area contributed by atoms with Gasteiger partial charge in [0.1, 0.15) is 0 Å². The third kappa shape index (κ3) is 6.90. The van der Waals surface area contributed by atoms with Crippen molar-refractivity contribution in [3.05, 3.63) is 58.7 Å². The monoisotopic (exact) mass is 374 g/mol. The quantitative estimate of drug-likeness (QED) is 0.452. The van der Waals surface area contributed by atoms with Crippen molar-refractivity contribution in [1.29, 1.82) is 0 Å². The molecule has 0 aromatic heterocycles. The fraction of sp³-hybridized carbons (Fsp3) is 0.565. The van der Waals surface area contributed by atoms with Crippen molar-refractivity contribution >= 4 is 23.5 Å². The molecule has 0 bridgehead atoms. The molecule has 0 unspecified atom stereocenters. The maximum atomic E-state index is 2.41. The van der Waals surface area contributed by atoms with E-state index in [0.717, 1.165) is 0 Å². The summed E-state index contributed by atoms with van der Waals surface area (Å²) in [7, 11) is 0. The van der Waals surface area contributed by atoms with Crippen molar-refractivity contribution in [2.24, 2.45) is 5.41 Å². The summed E-state index contributed by atoms with van der Waals surface area (Å²) in [5.74, 6) is 2.61. The molecule has 1 fully saturated rings. The Labute approximate surface area is 164 Å². The summed E-state index contributed by atoms with van der Waals surface area (Å²) in [4.78, 5) is 0. The van der Waals surface area contributed by atoms with Crippen molar-refractivity contribution in [3.63, 3.8) is 0 Å². The zero-order valence-electron chi connectivity index (χ0n) is 16.6. The summed E-state index contributed by atoms with van der Waals surface area (Å²) in [6, 6.07) is 0. The molecule has 2 rings (SSSR count). The predicted molar refractivity (Wildman–Crippen MR) is 119 cm³/mol. The molecule has 0 amide bonds. The largest absolute Gasteiger partial charge is 0.143 e.